The van der Waals surface area contributed by atoms with Gasteiger partial charge in [0, 0.05) is 32.9 Å². The SMILES string of the molecule is COCCN1C(=O)c2cccn2CC1CNC(=O)c1ccccc1F. The molecule has 0 saturated carbocycles. The van der Waals surface area contributed by atoms with Crippen molar-refractivity contribution in [2.45, 2.75) is 12.6 Å². The quantitative estimate of drug-likeness (QED) is 0.864. The molecule has 1 N–H and O–H groups in total. The number of hydrogen-bond donors (Lipinski definition) is 1. The summed E-state index contributed by atoms with van der Waals surface area (Å²) >= 11 is 0. The number of nitrogens with zero attached hydrogens (tertiary/aromatic N) is 2. The highest BCUT2D eigenvalue weighted by molar-refractivity contribution is 5.95. The summed E-state index contributed by atoms with van der Waals surface area (Å²) in [6, 6.07) is 9.20. The molecule has 132 valence electrons. The first-order valence-electron chi connectivity index (χ1n) is 8.09. The van der Waals surface area contributed by atoms with Crippen molar-refractivity contribution < 1.29 is 18.7 Å². The second-order valence-corrected chi connectivity index (χ2v) is 5.88. The number of carbonyl (C=O) groups is 2. The number of carbonyl (C=O) groups excluding carboxylic acids is 2. The van der Waals surface area contributed by atoms with Crippen LogP contribution in [0.4, 0.5) is 4.39 Å². The van der Waals surface area contributed by atoms with E-state index < -0.39 is 11.7 Å². The lowest BCUT2D eigenvalue weighted by molar-refractivity contribution is 0.0504. The highest BCUT2D eigenvalue weighted by Crippen LogP contribution is 2.18. The lowest BCUT2D eigenvalue weighted by Gasteiger charge is -2.36. The molecule has 0 saturated heterocycles. The smallest absolute Gasteiger partial charge is 0.270 e. The van der Waals surface area contributed by atoms with Crippen LogP contribution < -0.4 is 5.32 Å². The zero-order chi connectivity index (χ0) is 17.8. The monoisotopic (exact) mass is 345 g/mol. The Morgan fingerprint density at radius 3 is 2.88 bits per heavy atom. The molecule has 0 spiro atoms. The van der Waals surface area contributed by atoms with E-state index in [9.17, 15) is 14.0 Å². The van der Waals surface area contributed by atoms with Gasteiger partial charge >= 0.3 is 0 Å². The van der Waals surface area contributed by atoms with E-state index in [4.69, 9.17) is 4.74 Å². The number of aromatic nitrogens is 1. The van der Waals surface area contributed by atoms with Crippen LogP contribution in [-0.4, -0.2) is 54.1 Å². The van der Waals surface area contributed by atoms with Crippen LogP contribution in [-0.2, 0) is 11.3 Å². The highest BCUT2D eigenvalue weighted by atomic mass is 19.1. The molecule has 2 aromatic rings. The zero-order valence-electron chi connectivity index (χ0n) is 13.9. The standard InChI is InChI=1S/C18H20FN3O3/c1-25-10-9-22-13(12-21-8-4-7-16(21)18(22)24)11-20-17(23)14-5-2-3-6-15(14)19/h2-8,13H,9-12H2,1H3,(H,20,23). The van der Waals surface area contributed by atoms with E-state index in [1.165, 1.54) is 18.2 Å². The molecule has 1 aromatic heterocycles. The average Bonchev–Trinajstić information content (AvgIpc) is 3.08. The number of amides is 2. The Morgan fingerprint density at radius 2 is 2.12 bits per heavy atom. The Kier molecular flexibility index (Phi) is 5.14. The molecule has 1 aliphatic heterocycles. The molecule has 0 fully saturated rings. The van der Waals surface area contributed by atoms with Crippen LogP contribution in [0.3, 0.4) is 0 Å². The van der Waals surface area contributed by atoms with Gasteiger partial charge in [-0.25, -0.2) is 4.39 Å². The molecule has 0 aliphatic carbocycles. The molecule has 2 amide bonds. The minimum atomic E-state index is -0.566. The molecular formula is C18H20FN3O3. The van der Waals surface area contributed by atoms with E-state index in [1.807, 2.05) is 16.8 Å². The maximum absolute atomic E-state index is 13.7. The van der Waals surface area contributed by atoms with Crippen LogP contribution in [0.25, 0.3) is 0 Å². The van der Waals surface area contributed by atoms with Gasteiger partial charge in [0.05, 0.1) is 18.2 Å². The average molecular weight is 345 g/mol. The van der Waals surface area contributed by atoms with Crippen molar-refractivity contribution in [2.24, 2.45) is 0 Å². The van der Waals surface area contributed by atoms with Crippen LogP contribution in [0.15, 0.2) is 42.6 Å². The van der Waals surface area contributed by atoms with Gasteiger partial charge in [0.15, 0.2) is 0 Å². The fourth-order valence-electron chi connectivity index (χ4n) is 3.01. The molecular weight excluding hydrogens is 325 g/mol. The summed E-state index contributed by atoms with van der Waals surface area (Å²) in [6.07, 6.45) is 1.84. The number of hydrogen-bond acceptors (Lipinski definition) is 3. The molecule has 2 heterocycles. The van der Waals surface area contributed by atoms with Gasteiger partial charge in [-0.3, -0.25) is 9.59 Å². The second kappa shape index (κ2) is 7.48. The maximum atomic E-state index is 13.7. The van der Waals surface area contributed by atoms with Crippen LogP contribution in [0.5, 0.6) is 0 Å². The summed E-state index contributed by atoms with van der Waals surface area (Å²) in [7, 11) is 1.58. The van der Waals surface area contributed by atoms with Gasteiger partial charge in [-0.2, -0.15) is 0 Å². The first kappa shape index (κ1) is 17.2. The lowest BCUT2D eigenvalue weighted by atomic mass is 10.1. The fraction of sp³-hybridized carbons (Fsp3) is 0.333. The van der Waals surface area contributed by atoms with Gasteiger partial charge in [-0.1, -0.05) is 12.1 Å². The Hall–Kier alpha value is -2.67. The number of benzene rings is 1. The first-order valence-corrected chi connectivity index (χ1v) is 8.09. The van der Waals surface area contributed by atoms with E-state index in [2.05, 4.69) is 5.32 Å². The van der Waals surface area contributed by atoms with Crippen molar-refractivity contribution in [2.75, 3.05) is 26.8 Å². The van der Waals surface area contributed by atoms with E-state index in [1.54, 1.807) is 24.1 Å². The summed E-state index contributed by atoms with van der Waals surface area (Å²) < 4.78 is 20.7. The molecule has 0 bridgehead atoms. The van der Waals surface area contributed by atoms with Gasteiger partial charge in [0.2, 0.25) is 0 Å². The normalized spacial score (nSPS) is 16.6. The van der Waals surface area contributed by atoms with Crippen molar-refractivity contribution in [1.29, 1.82) is 0 Å². The largest absolute Gasteiger partial charge is 0.383 e. The minimum absolute atomic E-state index is 0.00488. The Labute approximate surface area is 145 Å². The molecule has 1 unspecified atom stereocenters. The van der Waals surface area contributed by atoms with Crippen LogP contribution in [0, 0.1) is 5.82 Å². The molecule has 6 nitrogen and oxygen atoms in total. The van der Waals surface area contributed by atoms with Crippen LogP contribution in [0.1, 0.15) is 20.8 Å². The molecule has 1 atom stereocenters. The number of nitrogens with one attached hydrogen (secondary N) is 1. The third-order valence-electron chi connectivity index (χ3n) is 4.31. The minimum Gasteiger partial charge on any atom is -0.383 e. The highest BCUT2D eigenvalue weighted by Gasteiger charge is 2.32. The van der Waals surface area contributed by atoms with Crippen molar-refractivity contribution >= 4 is 11.8 Å². The Morgan fingerprint density at radius 1 is 1.32 bits per heavy atom. The van der Waals surface area contributed by atoms with E-state index in [-0.39, 0.29) is 24.1 Å². The summed E-state index contributed by atoms with van der Waals surface area (Å²) in [4.78, 5) is 26.6. The van der Waals surface area contributed by atoms with Gasteiger partial charge in [-0.15, -0.1) is 0 Å². The number of rotatable bonds is 6. The van der Waals surface area contributed by atoms with E-state index in [0.717, 1.165) is 0 Å². The number of ether oxygens (including phenoxy) is 1. The molecule has 25 heavy (non-hydrogen) atoms. The first-order chi connectivity index (χ1) is 12.1. The lowest BCUT2D eigenvalue weighted by Crippen LogP contribution is -2.53. The van der Waals surface area contributed by atoms with Gasteiger partial charge < -0.3 is 19.5 Å². The summed E-state index contributed by atoms with van der Waals surface area (Å²) in [5.74, 6) is -1.15. The summed E-state index contributed by atoms with van der Waals surface area (Å²) in [5, 5.41) is 2.73. The maximum Gasteiger partial charge on any atom is 0.270 e. The van der Waals surface area contributed by atoms with Crippen LogP contribution in [0.2, 0.25) is 0 Å². The van der Waals surface area contributed by atoms with Crippen molar-refractivity contribution in [3.63, 3.8) is 0 Å². The van der Waals surface area contributed by atoms with Crippen molar-refractivity contribution in [3.8, 4) is 0 Å². The number of methoxy groups -OCH3 is 1. The van der Waals surface area contributed by atoms with Crippen molar-refractivity contribution in [3.05, 3.63) is 59.7 Å². The predicted molar refractivity (Wildman–Crippen MR) is 89.9 cm³/mol. The number of fused-ring (bicyclic) bond motifs is 1. The van der Waals surface area contributed by atoms with Crippen molar-refractivity contribution in [1.82, 2.24) is 14.8 Å². The van der Waals surface area contributed by atoms with Gasteiger partial charge in [-0.05, 0) is 24.3 Å². The Balaban J connectivity index is 1.72. The summed E-state index contributed by atoms with van der Waals surface area (Å²) in [6.45, 7) is 1.64. The predicted octanol–water partition coefficient (Wildman–Crippen LogP) is 1.53. The fourth-order valence-corrected chi connectivity index (χ4v) is 3.01. The van der Waals surface area contributed by atoms with E-state index >= 15 is 0 Å². The molecule has 0 radical (unpaired) electrons. The zero-order valence-corrected chi connectivity index (χ0v) is 13.9. The van der Waals surface area contributed by atoms with E-state index in [0.29, 0.717) is 25.4 Å². The molecule has 1 aromatic carbocycles. The Bertz CT molecular complexity index is 774. The second-order valence-electron chi connectivity index (χ2n) is 5.88. The topological polar surface area (TPSA) is 63.6 Å². The summed E-state index contributed by atoms with van der Waals surface area (Å²) in [5.41, 5.74) is 0.613. The third-order valence-corrected chi connectivity index (χ3v) is 4.31. The third kappa shape index (κ3) is 3.56. The molecule has 7 heteroatoms. The molecule has 1 aliphatic rings. The van der Waals surface area contributed by atoms with Gasteiger partial charge in [0.1, 0.15) is 11.5 Å². The number of halogens is 1. The van der Waals surface area contributed by atoms with Crippen LogP contribution >= 0.6 is 0 Å². The van der Waals surface area contributed by atoms with Gasteiger partial charge in [0.25, 0.3) is 11.8 Å². The molecule has 3 rings (SSSR count).